The summed E-state index contributed by atoms with van der Waals surface area (Å²) in [6.45, 7) is 0.132. The second kappa shape index (κ2) is 8.27. The molecular weight excluding hydrogens is 369 g/mol. The van der Waals surface area contributed by atoms with Gasteiger partial charge >= 0.3 is 6.09 Å². The van der Waals surface area contributed by atoms with Gasteiger partial charge in [-0.25, -0.2) is 14.1 Å². The molecule has 1 fully saturated rings. The van der Waals surface area contributed by atoms with Gasteiger partial charge in [-0.3, -0.25) is 4.79 Å². The van der Waals surface area contributed by atoms with Crippen molar-refractivity contribution in [3.63, 3.8) is 0 Å². The number of ether oxygens (including phenoxy) is 1. The molecule has 0 unspecified atom stereocenters. The van der Waals surface area contributed by atoms with Crippen LogP contribution in [0.1, 0.15) is 28.7 Å². The van der Waals surface area contributed by atoms with Gasteiger partial charge in [-0.2, -0.15) is 0 Å². The van der Waals surface area contributed by atoms with Crippen molar-refractivity contribution in [1.82, 2.24) is 4.90 Å². The number of amides is 2. The van der Waals surface area contributed by atoms with Crippen LogP contribution in [0.5, 0.6) is 0 Å². The summed E-state index contributed by atoms with van der Waals surface area (Å²) in [5.74, 6) is -1.24. The minimum absolute atomic E-state index is 0.132. The summed E-state index contributed by atoms with van der Waals surface area (Å²) in [5.41, 5.74) is 2.46. The van der Waals surface area contributed by atoms with Gasteiger partial charge in [0.05, 0.1) is 5.92 Å². The van der Waals surface area contributed by atoms with Crippen LogP contribution in [0.25, 0.3) is 0 Å². The second-order valence-corrected chi connectivity index (χ2v) is 7.01. The molecule has 1 aliphatic heterocycles. The Balaban J connectivity index is 1.68. The molecule has 146 valence electrons. The maximum Gasteiger partial charge on any atom is 0.417 e. The molecule has 0 saturated carbocycles. The fourth-order valence-electron chi connectivity index (χ4n) is 3.64. The largest absolute Gasteiger partial charge is 0.446 e. The molecule has 1 aliphatic rings. The van der Waals surface area contributed by atoms with E-state index in [1.54, 1.807) is 12.1 Å². The van der Waals surface area contributed by atoms with Gasteiger partial charge in [0.25, 0.3) is 0 Å². The van der Waals surface area contributed by atoms with E-state index in [-0.39, 0.29) is 18.3 Å². The van der Waals surface area contributed by atoms with Gasteiger partial charge in [0.1, 0.15) is 18.5 Å². The van der Waals surface area contributed by atoms with Gasteiger partial charge in [-0.15, -0.1) is 0 Å². The number of imide groups is 1. The van der Waals surface area contributed by atoms with Crippen molar-refractivity contribution in [1.29, 1.82) is 0 Å². The number of benzene rings is 3. The third-order valence-corrected chi connectivity index (χ3v) is 5.15. The van der Waals surface area contributed by atoms with Crippen LogP contribution in [-0.4, -0.2) is 23.5 Å². The van der Waals surface area contributed by atoms with E-state index < -0.39 is 18.1 Å². The first kappa shape index (κ1) is 18.9. The zero-order chi connectivity index (χ0) is 20.2. The van der Waals surface area contributed by atoms with Gasteiger partial charge in [-0.1, -0.05) is 72.8 Å². The molecule has 0 bridgehead atoms. The summed E-state index contributed by atoms with van der Waals surface area (Å²) in [5, 5.41) is 0. The van der Waals surface area contributed by atoms with Crippen molar-refractivity contribution in [2.45, 2.75) is 18.4 Å². The molecule has 0 aliphatic carbocycles. The number of nitrogens with zero attached hydrogens (tertiary/aromatic N) is 1. The number of hydrogen-bond donors (Lipinski definition) is 0. The first-order valence-corrected chi connectivity index (χ1v) is 9.47. The van der Waals surface area contributed by atoms with Crippen LogP contribution in [0, 0.1) is 5.82 Å². The van der Waals surface area contributed by atoms with Crippen LogP contribution < -0.4 is 0 Å². The van der Waals surface area contributed by atoms with E-state index in [4.69, 9.17) is 4.74 Å². The van der Waals surface area contributed by atoms with E-state index in [0.717, 1.165) is 16.7 Å². The van der Waals surface area contributed by atoms with Crippen molar-refractivity contribution >= 4 is 12.0 Å². The van der Waals surface area contributed by atoms with E-state index >= 15 is 0 Å². The third-order valence-electron chi connectivity index (χ3n) is 5.15. The van der Waals surface area contributed by atoms with E-state index in [1.165, 1.54) is 17.0 Å². The molecule has 1 saturated heterocycles. The Morgan fingerprint density at radius 2 is 1.59 bits per heavy atom. The predicted molar refractivity (Wildman–Crippen MR) is 107 cm³/mol. The fourth-order valence-corrected chi connectivity index (χ4v) is 3.64. The molecule has 2 amide bonds. The second-order valence-electron chi connectivity index (χ2n) is 7.01. The van der Waals surface area contributed by atoms with Crippen molar-refractivity contribution in [2.24, 2.45) is 0 Å². The Morgan fingerprint density at radius 1 is 0.966 bits per heavy atom. The molecule has 0 N–H and O–H groups in total. The minimum atomic E-state index is -0.635. The molecule has 1 heterocycles. The Bertz CT molecular complexity index is 990. The molecule has 29 heavy (non-hydrogen) atoms. The highest BCUT2D eigenvalue weighted by atomic mass is 19.1. The highest BCUT2D eigenvalue weighted by Crippen LogP contribution is 2.33. The van der Waals surface area contributed by atoms with Crippen molar-refractivity contribution in [3.05, 3.63) is 107 Å². The summed E-state index contributed by atoms with van der Waals surface area (Å²) in [4.78, 5) is 27.2. The lowest BCUT2D eigenvalue weighted by Gasteiger charge is -2.25. The number of carbonyl (C=O) groups excluding carboxylic acids is 2. The van der Waals surface area contributed by atoms with Crippen LogP contribution >= 0.6 is 0 Å². The molecule has 0 aromatic heterocycles. The highest BCUT2D eigenvalue weighted by molar-refractivity contribution is 5.97. The van der Waals surface area contributed by atoms with Crippen LogP contribution in [0.3, 0.4) is 0 Å². The summed E-state index contributed by atoms with van der Waals surface area (Å²) in [7, 11) is 0. The SMILES string of the molecule is O=C1OC[C@@H](c2ccccc2)N1C(=O)[C@@H](Cc1ccc(F)cc1)c1ccccc1. The molecule has 5 heteroatoms. The van der Waals surface area contributed by atoms with Crippen molar-refractivity contribution in [2.75, 3.05) is 6.61 Å². The Hall–Kier alpha value is -3.47. The van der Waals surface area contributed by atoms with Crippen LogP contribution in [0.2, 0.25) is 0 Å². The number of rotatable bonds is 5. The summed E-state index contributed by atoms with van der Waals surface area (Å²) < 4.78 is 18.5. The number of cyclic esters (lactones) is 1. The molecule has 2 atom stereocenters. The normalized spacial score (nSPS) is 17.1. The first-order valence-electron chi connectivity index (χ1n) is 9.47. The fraction of sp³-hybridized carbons (Fsp3) is 0.167. The standard InChI is InChI=1S/C24H20FNO3/c25-20-13-11-17(12-14-20)15-21(18-7-3-1-4-8-18)23(27)26-22(16-29-24(26)28)19-9-5-2-6-10-19/h1-14,21-22H,15-16H2/t21-,22-/m0/s1. The molecular formula is C24H20FNO3. The van der Waals surface area contributed by atoms with Gasteiger partial charge in [-0.05, 0) is 35.2 Å². The Morgan fingerprint density at radius 3 is 2.24 bits per heavy atom. The zero-order valence-corrected chi connectivity index (χ0v) is 15.7. The van der Waals surface area contributed by atoms with Crippen molar-refractivity contribution in [3.8, 4) is 0 Å². The highest BCUT2D eigenvalue weighted by Gasteiger charge is 2.41. The first-order chi connectivity index (χ1) is 14.1. The third kappa shape index (κ3) is 4.04. The Kier molecular flexibility index (Phi) is 5.38. The van der Waals surface area contributed by atoms with E-state index in [9.17, 15) is 14.0 Å². The molecule has 0 spiro atoms. The van der Waals surface area contributed by atoms with Gasteiger partial charge in [0.15, 0.2) is 0 Å². The smallest absolute Gasteiger partial charge is 0.417 e. The van der Waals surface area contributed by atoms with E-state index in [0.29, 0.717) is 6.42 Å². The quantitative estimate of drug-likeness (QED) is 0.625. The monoisotopic (exact) mass is 389 g/mol. The minimum Gasteiger partial charge on any atom is -0.446 e. The molecule has 4 rings (SSSR count). The summed E-state index contributed by atoms with van der Waals surface area (Å²) in [6.07, 6.45) is -0.280. The average Bonchev–Trinajstić information content (AvgIpc) is 3.15. The number of carbonyl (C=O) groups is 2. The zero-order valence-electron chi connectivity index (χ0n) is 15.7. The summed E-state index contributed by atoms with van der Waals surface area (Å²) in [6, 6.07) is 24.3. The van der Waals surface area contributed by atoms with Crippen molar-refractivity contribution < 1.29 is 18.7 Å². The van der Waals surface area contributed by atoms with Crippen LogP contribution in [-0.2, 0) is 16.0 Å². The average molecular weight is 389 g/mol. The molecule has 3 aromatic carbocycles. The van der Waals surface area contributed by atoms with Gasteiger partial charge < -0.3 is 4.74 Å². The maximum atomic E-state index is 13.6. The van der Waals surface area contributed by atoms with E-state index in [1.807, 2.05) is 60.7 Å². The Labute approximate surface area is 168 Å². The number of hydrogen-bond acceptors (Lipinski definition) is 3. The van der Waals surface area contributed by atoms with E-state index in [2.05, 4.69) is 0 Å². The lowest BCUT2D eigenvalue weighted by Crippen LogP contribution is -2.38. The van der Waals surface area contributed by atoms with Crippen LogP contribution in [0.4, 0.5) is 9.18 Å². The molecule has 0 radical (unpaired) electrons. The van der Waals surface area contributed by atoms with Gasteiger partial charge in [0.2, 0.25) is 5.91 Å². The topological polar surface area (TPSA) is 46.6 Å². The van der Waals surface area contributed by atoms with Gasteiger partial charge in [0, 0.05) is 0 Å². The number of halogens is 1. The maximum absolute atomic E-state index is 13.6. The van der Waals surface area contributed by atoms with Crippen LogP contribution in [0.15, 0.2) is 84.9 Å². The molecule has 3 aromatic rings. The molecule has 4 nitrogen and oxygen atoms in total. The lowest BCUT2D eigenvalue weighted by molar-refractivity contribution is -0.130. The lowest BCUT2D eigenvalue weighted by atomic mass is 9.90. The summed E-state index contributed by atoms with van der Waals surface area (Å²) >= 11 is 0. The predicted octanol–water partition coefficient (Wildman–Crippen LogP) is 4.87.